The maximum atomic E-state index is 10.6. The molecule has 0 aliphatic heterocycles. The molecule has 0 radical (unpaired) electrons. The number of hydrogen-bond acceptors (Lipinski definition) is 2. The summed E-state index contributed by atoms with van der Waals surface area (Å²) in [5.41, 5.74) is 3.46. The molecular formula is C22H32NOP. The fraction of sp³-hybridized carbons (Fsp3) is 0.455. The first kappa shape index (κ1) is 19.9. The predicted molar refractivity (Wildman–Crippen MR) is 111 cm³/mol. The van der Waals surface area contributed by atoms with Crippen molar-refractivity contribution in [3.8, 4) is 5.75 Å². The Balaban J connectivity index is 2.34. The third-order valence-electron chi connectivity index (χ3n) is 4.78. The summed E-state index contributed by atoms with van der Waals surface area (Å²) >= 11 is 0. The Hall–Kier alpha value is -1.37. The molecule has 0 amide bonds. The average molecular weight is 357 g/mol. The van der Waals surface area contributed by atoms with Crippen LogP contribution in [0.1, 0.15) is 57.7 Å². The van der Waals surface area contributed by atoms with E-state index in [1.807, 2.05) is 13.0 Å². The first-order valence-electron chi connectivity index (χ1n) is 9.06. The third kappa shape index (κ3) is 5.06. The van der Waals surface area contributed by atoms with Crippen molar-refractivity contribution in [1.82, 2.24) is 5.32 Å². The van der Waals surface area contributed by atoms with Gasteiger partial charge >= 0.3 is 0 Å². The van der Waals surface area contributed by atoms with Gasteiger partial charge in [-0.15, -0.1) is 0 Å². The normalized spacial score (nSPS) is 14.8. The molecule has 0 aliphatic rings. The van der Waals surface area contributed by atoms with E-state index in [0.29, 0.717) is 14.3 Å². The Labute approximate surface area is 154 Å². The molecule has 25 heavy (non-hydrogen) atoms. The first-order chi connectivity index (χ1) is 11.7. The minimum absolute atomic E-state index is 0.0616. The average Bonchev–Trinajstić information content (AvgIpc) is 2.55. The quantitative estimate of drug-likeness (QED) is 0.695. The van der Waals surface area contributed by atoms with Crippen LogP contribution in [0, 0.1) is 6.92 Å². The lowest BCUT2D eigenvalue weighted by Crippen LogP contribution is -2.36. The van der Waals surface area contributed by atoms with E-state index in [-0.39, 0.29) is 10.7 Å². The summed E-state index contributed by atoms with van der Waals surface area (Å²) in [5, 5.41) is 15.5. The number of phenols is 1. The summed E-state index contributed by atoms with van der Waals surface area (Å²) in [6.07, 6.45) is 0.990. The molecule has 0 bridgehead atoms. The zero-order valence-electron chi connectivity index (χ0n) is 16.4. The van der Waals surface area contributed by atoms with Crippen LogP contribution in [0.5, 0.6) is 5.75 Å². The lowest BCUT2D eigenvalue weighted by Gasteiger charge is -2.31. The number of aryl methyl sites for hydroxylation is 1. The molecular weight excluding hydrogens is 325 g/mol. The van der Waals surface area contributed by atoms with Crippen molar-refractivity contribution in [2.45, 2.75) is 65.2 Å². The SMILES string of the molecule is CCC(C)(Pc1ccccc1CNC(C)(C)C)c1cccc(C)c1O. The van der Waals surface area contributed by atoms with Crippen molar-refractivity contribution in [3.05, 3.63) is 59.2 Å². The highest BCUT2D eigenvalue weighted by Gasteiger charge is 2.29. The van der Waals surface area contributed by atoms with E-state index < -0.39 is 0 Å². The van der Waals surface area contributed by atoms with Crippen molar-refractivity contribution in [2.24, 2.45) is 0 Å². The molecule has 0 heterocycles. The van der Waals surface area contributed by atoms with E-state index in [1.165, 1.54) is 10.9 Å². The lowest BCUT2D eigenvalue weighted by molar-refractivity contribution is 0.425. The van der Waals surface area contributed by atoms with Crippen molar-refractivity contribution in [1.29, 1.82) is 0 Å². The van der Waals surface area contributed by atoms with Gasteiger partial charge in [0.15, 0.2) is 0 Å². The summed E-state index contributed by atoms with van der Waals surface area (Å²) in [7, 11) is 0.611. The zero-order chi connectivity index (χ0) is 18.7. The maximum absolute atomic E-state index is 10.6. The summed E-state index contributed by atoms with van der Waals surface area (Å²) in [5.74, 6) is 0.449. The highest BCUT2D eigenvalue weighted by molar-refractivity contribution is 7.48. The summed E-state index contributed by atoms with van der Waals surface area (Å²) in [6.45, 7) is 13.9. The maximum Gasteiger partial charge on any atom is 0.122 e. The Kier molecular flexibility index (Phi) is 6.30. The molecule has 0 aromatic heterocycles. The van der Waals surface area contributed by atoms with Crippen LogP contribution in [0.4, 0.5) is 0 Å². The second-order valence-corrected chi connectivity index (χ2v) is 9.93. The largest absolute Gasteiger partial charge is 0.507 e. The fourth-order valence-electron chi connectivity index (χ4n) is 2.90. The molecule has 2 atom stereocenters. The number of aromatic hydroxyl groups is 1. The fourth-order valence-corrected chi connectivity index (χ4v) is 4.52. The second kappa shape index (κ2) is 7.89. The monoisotopic (exact) mass is 357 g/mol. The molecule has 2 aromatic carbocycles. The number of rotatable bonds is 6. The molecule has 0 aliphatic carbocycles. The van der Waals surface area contributed by atoms with Crippen LogP contribution >= 0.6 is 8.58 Å². The van der Waals surface area contributed by atoms with E-state index in [4.69, 9.17) is 0 Å². The van der Waals surface area contributed by atoms with E-state index in [0.717, 1.165) is 24.1 Å². The second-order valence-electron chi connectivity index (χ2n) is 8.04. The van der Waals surface area contributed by atoms with Gasteiger partial charge in [-0.25, -0.2) is 0 Å². The minimum atomic E-state index is -0.0616. The van der Waals surface area contributed by atoms with Crippen LogP contribution < -0.4 is 10.6 Å². The topological polar surface area (TPSA) is 32.3 Å². The van der Waals surface area contributed by atoms with E-state index in [9.17, 15) is 5.11 Å². The zero-order valence-corrected chi connectivity index (χ0v) is 17.4. The van der Waals surface area contributed by atoms with Gasteiger partial charge < -0.3 is 10.4 Å². The molecule has 2 rings (SSSR count). The van der Waals surface area contributed by atoms with E-state index in [2.05, 4.69) is 76.3 Å². The van der Waals surface area contributed by atoms with Gasteiger partial charge in [-0.2, -0.15) is 0 Å². The smallest absolute Gasteiger partial charge is 0.122 e. The molecule has 0 saturated carbocycles. The number of para-hydroxylation sites is 1. The molecule has 2 unspecified atom stereocenters. The molecule has 136 valence electrons. The van der Waals surface area contributed by atoms with Gasteiger partial charge in [-0.05, 0) is 50.5 Å². The van der Waals surface area contributed by atoms with Crippen molar-refractivity contribution < 1.29 is 5.11 Å². The van der Waals surface area contributed by atoms with Crippen LogP contribution in [0.3, 0.4) is 0 Å². The number of phenolic OH excluding ortho intramolecular Hbond substituents is 1. The number of hydrogen-bond donors (Lipinski definition) is 2. The molecule has 0 spiro atoms. The van der Waals surface area contributed by atoms with Crippen LogP contribution in [0.2, 0.25) is 0 Å². The summed E-state index contributed by atoms with van der Waals surface area (Å²) < 4.78 is 0. The Morgan fingerprint density at radius 3 is 2.32 bits per heavy atom. The molecule has 0 saturated heterocycles. The lowest BCUT2D eigenvalue weighted by atomic mass is 9.94. The van der Waals surface area contributed by atoms with Crippen molar-refractivity contribution in [2.75, 3.05) is 0 Å². The van der Waals surface area contributed by atoms with Crippen molar-refractivity contribution in [3.63, 3.8) is 0 Å². The molecule has 2 aromatic rings. The Morgan fingerprint density at radius 2 is 1.68 bits per heavy atom. The van der Waals surface area contributed by atoms with Gasteiger partial charge in [0.1, 0.15) is 5.75 Å². The first-order valence-corrected chi connectivity index (χ1v) is 10.1. The van der Waals surface area contributed by atoms with Gasteiger partial charge in [-0.3, -0.25) is 0 Å². The number of nitrogens with one attached hydrogen (secondary N) is 1. The highest BCUT2D eigenvalue weighted by atomic mass is 31.1. The number of benzene rings is 2. The minimum Gasteiger partial charge on any atom is -0.507 e. The summed E-state index contributed by atoms with van der Waals surface area (Å²) in [6, 6.07) is 14.8. The van der Waals surface area contributed by atoms with E-state index >= 15 is 0 Å². The molecule has 3 heteroatoms. The molecule has 2 N–H and O–H groups in total. The van der Waals surface area contributed by atoms with Gasteiger partial charge in [0.2, 0.25) is 0 Å². The van der Waals surface area contributed by atoms with Gasteiger partial charge in [0, 0.05) is 22.8 Å². The van der Waals surface area contributed by atoms with Crippen molar-refractivity contribution >= 4 is 13.9 Å². The van der Waals surface area contributed by atoms with Crippen LogP contribution in [-0.2, 0) is 11.7 Å². The predicted octanol–water partition coefficient (Wildman–Crippen LogP) is 5.22. The third-order valence-corrected chi connectivity index (χ3v) is 6.71. The van der Waals surface area contributed by atoms with E-state index in [1.54, 1.807) is 0 Å². The van der Waals surface area contributed by atoms with Gasteiger partial charge in [0.25, 0.3) is 0 Å². The standard InChI is InChI=1S/C22H32NOP/c1-7-22(6,18-13-10-11-16(2)20(18)24)25-19-14-9-8-12-17(19)15-23-21(3,4)5/h8-14,23-25H,7,15H2,1-6H3. The van der Waals surface area contributed by atoms with Crippen LogP contribution in [0.25, 0.3) is 0 Å². The Morgan fingerprint density at radius 1 is 1.00 bits per heavy atom. The van der Waals surface area contributed by atoms with Gasteiger partial charge in [0.05, 0.1) is 0 Å². The van der Waals surface area contributed by atoms with Gasteiger partial charge in [-0.1, -0.05) is 64.9 Å². The van der Waals surface area contributed by atoms with Crippen LogP contribution in [-0.4, -0.2) is 10.6 Å². The molecule has 2 nitrogen and oxygen atoms in total. The summed E-state index contributed by atoms with van der Waals surface area (Å²) in [4.78, 5) is 0. The highest BCUT2D eigenvalue weighted by Crippen LogP contribution is 2.47. The van der Waals surface area contributed by atoms with Crippen LogP contribution in [0.15, 0.2) is 42.5 Å². The molecule has 0 fully saturated rings. The Bertz CT molecular complexity index is 720.